The number of rotatable bonds is 52. The SMILES string of the molecule is CC/C=C\C/C=C\C/C=C\C/C=C\C/C=C\C/C=C\C/C=C\C/C=C\CCCCCCC(=O)OC(COC(=O)CCCCCCCC/C=C\C/C=C\C/C=C\C/C=C\C/C=C\C/C=C\CC)COP(=O)([O-])OCC[N+](C)(C)C. The number of unbranched alkanes of at least 4 members (excludes halogenated alkanes) is 10. The number of hydrogen-bond donors (Lipinski definition) is 0. The molecule has 0 spiro atoms. The molecule has 0 fully saturated rings. The lowest BCUT2D eigenvalue weighted by atomic mass is 10.1. The Bertz CT molecular complexity index is 1920. The van der Waals surface area contributed by atoms with Crippen molar-refractivity contribution in [2.24, 2.45) is 0 Å². The number of likely N-dealkylation sites (N-methyl/N-ethyl adjacent to an activating group) is 1. The number of allylic oxidation sites excluding steroid dienone is 28. The van der Waals surface area contributed by atoms with Crippen molar-refractivity contribution in [2.75, 3.05) is 47.5 Å². The van der Waals surface area contributed by atoms with E-state index in [4.69, 9.17) is 18.5 Å². The van der Waals surface area contributed by atoms with Crippen molar-refractivity contribution in [1.82, 2.24) is 0 Å². The Labute approximate surface area is 477 Å². The van der Waals surface area contributed by atoms with E-state index in [1.807, 2.05) is 21.1 Å². The predicted molar refractivity (Wildman–Crippen MR) is 332 cm³/mol. The Kier molecular flexibility index (Phi) is 53.7. The zero-order chi connectivity index (χ0) is 57.0. The summed E-state index contributed by atoms with van der Waals surface area (Å²) in [4.78, 5) is 37.9. The summed E-state index contributed by atoms with van der Waals surface area (Å²) in [6.07, 6.45) is 86.8. The molecule has 0 aliphatic carbocycles. The molecule has 438 valence electrons. The second kappa shape index (κ2) is 57.1. The second-order valence-electron chi connectivity index (χ2n) is 20.2. The van der Waals surface area contributed by atoms with Crippen molar-refractivity contribution in [3.63, 3.8) is 0 Å². The van der Waals surface area contributed by atoms with E-state index in [0.29, 0.717) is 23.9 Å². The number of quaternary nitrogens is 1. The van der Waals surface area contributed by atoms with Crippen LogP contribution in [0.5, 0.6) is 0 Å². The maximum Gasteiger partial charge on any atom is 0.306 e. The van der Waals surface area contributed by atoms with E-state index in [-0.39, 0.29) is 26.1 Å². The standard InChI is InChI=1S/C68H108NO8P/c1-6-8-10-12-14-16-18-20-22-24-26-28-30-32-33-34-35-37-39-41-43-45-47-49-51-53-55-57-59-61-68(71)77-66(65-76-78(72,73)75-63-62-69(3,4)5)64-74-67(70)60-58-56-54-52-50-48-46-44-42-40-38-36-31-29-27-25-23-21-19-17-15-13-11-9-7-2/h8-11,14-17,20-23,26-29,32-33,35-38,41-44,47,49,66H,6-7,12-13,18-19,24-25,30-31,34,39-40,45-46,48,50-65H2,1-5H3/b10-8-,11-9-,16-14-,17-15-,22-20-,23-21-,28-26-,29-27-,33-32-,37-35-,38-36-,43-41-,44-42-,49-47-. The maximum absolute atomic E-state index is 12.8. The molecule has 0 rings (SSSR count). The molecule has 0 radical (unpaired) electrons. The summed E-state index contributed by atoms with van der Waals surface area (Å²) in [6, 6.07) is 0. The van der Waals surface area contributed by atoms with Crippen LogP contribution in [0.4, 0.5) is 0 Å². The molecule has 0 aromatic carbocycles. The Hall–Kier alpha value is -4.63. The summed E-state index contributed by atoms with van der Waals surface area (Å²) in [5.41, 5.74) is 0. The lowest BCUT2D eigenvalue weighted by molar-refractivity contribution is -0.870. The van der Waals surface area contributed by atoms with Crippen molar-refractivity contribution >= 4 is 19.8 Å². The third-order valence-electron chi connectivity index (χ3n) is 11.7. The number of esters is 2. The lowest BCUT2D eigenvalue weighted by Gasteiger charge is -2.28. The first-order chi connectivity index (χ1) is 38.0. The van der Waals surface area contributed by atoms with E-state index in [1.165, 1.54) is 0 Å². The van der Waals surface area contributed by atoms with Gasteiger partial charge in [-0.15, -0.1) is 0 Å². The third-order valence-corrected chi connectivity index (χ3v) is 12.7. The second-order valence-corrected chi connectivity index (χ2v) is 21.7. The molecule has 10 heteroatoms. The first-order valence-corrected chi connectivity index (χ1v) is 31.3. The van der Waals surface area contributed by atoms with E-state index < -0.39 is 32.5 Å². The molecule has 0 heterocycles. The molecule has 9 nitrogen and oxygen atoms in total. The van der Waals surface area contributed by atoms with Gasteiger partial charge in [0.2, 0.25) is 0 Å². The average Bonchev–Trinajstić information content (AvgIpc) is 3.41. The highest BCUT2D eigenvalue weighted by atomic mass is 31.2. The lowest BCUT2D eigenvalue weighted by Crippen LogP contribution is -2.37. The van der Waals surface area contributed by atoms with Crippen LogP contribution in [0.25, 0.3) is 0 Å². The number of carbonyl (C=O) groups excluding carboxylic acids is 2. The fourth-order valence-electron chi connectivity index (χ4n) is 7.20. The van der Waals surface area contributed by atoms with E-state index in [2.05, 4.69) is 184 Å². The van der Waals surface area contributed by atoms with Gasteiger partial charge in [0.25, 0.3) is 7.82 Å². The van der Waals surface area contributed by atoms with Gasteiger partial charge in [-0.05, 0) is 128 Å². The van der Waals surface area contributed by atoms with Gasteiger partial charge < -0.3 is 27.9 Å². The van der Waals surface area contributed by atoms with Gasteiger partial charge in [0.15, 0.2) is 6.10 Å². The van der Waals surface area contributed by atoms with E-state index >= 15 is 0 Å². The maximum atomic E-state index is 12.8. The smallest absolute Gasteiger partial charge is 0.306 e. The Morgan fingerprint density at radius 1 is 0.397 bits per heavy atom. The number of hydrogen-bond acceptors (Lipinski definition) is 8. The van der Waals surface area contributed by atoms with Gasteiger partial charge in [-0.2, -0.15) is 0 Å². The van der Waals surface area contributed by atoms with Gasteiger partial charge in [-0.25, -0.2) is 0 Å². The van der Waals surface area contributed by atoms with Crippen LogP contribution in [-0.4, -0.2) is 70.0 Å². The molecule has 0 aromatic heterocycles. The summed E-state index contributed by atoms with van der Waals surface area (Å²) in [7, 11) is 1.11. The van der Waals surface area contributed by atoms with Gasteiger partial charge >= 0.3 is 11.9 Å². The largest absolute Gasteiger partial charge is 0.756 e. The zero-order valence-electron chi connectivity index (χ0n) is 49.5. The van der Waals surface area contributed by atoms with Crippen LogP contribution >= 0.6 is 7.82 Å². The molecule has 0 saturated heterocycles. The molecule has 0 aliphatic heterocycles. The number of phosphoric acid groups is 1. The van der Waals surface area contributed by atoms with Gasteiger partial charge in [0, 0.05) is 12.8 Å². The number of carbonyl (C=O) groups is 2. The highest BCUT2D eigenvalue weighted by molar-refractivity contribution is 7.45. The topological polar surface area (TPSA) is 111 Å². The highest BCUT2D eigenvalue weighted by Gasteiger charge is 2.21. The quantitative estimate of drug-likeness (QED) is 0.0195. The number of phosphoric ester groups is 1. The molecule has 0 amide bonds. The summed E-state index contributed by atoms with van der Waals surface area (Å²) in [6.45, 7) is 3.93. The van der Waals surface area contributed by atoms with Gasteiger partial charge in [-0.3, -0.25) is 14.2 Å². The Morgan fingerprint density at radius 3 is 1.03 bits per heavy atom. The average molecular weight is 1100 g/mol. The van der Waals surface area contributed by atoms with E-state index in [9.17, 15) is 19.0 Å². The predicted octanol–water partition coefficient (Wildman–Crippen LogP) is 18.4. The summed E-state index contributed by atoms with van der Waals surface area (Å²) in [5.74, 6) is -0.896. The van der Waals surface area contributed by atoms with Crippen molar-refractivity contribution < 1.29 is 42.1 Å². The van der Waals surface area contributed by atoms with Crippen LogP contribution < -0.4 is 4.89 Å². The summed E-state index contributed by atoms with van der Waals surface area (Å²) < 4.78 is 34.1. The van der Waals surface area contributed by atoms with Crippen LogP contribution in [-0.2, 0) is 32.7 Å². The Balaban J connectivity index is 4.32. The van der Waals surface area contributed by atoms with Crippen molar-refractivity contribution in [3.05, 3.63) is 170 Å². The Morgan fingerprint density at radius 2 is 0.692 bits per heavy atom. The van der Waals surface area contributed by atoms with Crippen molar-refractivity contribution in [3.8, 4) is 0 Å². The van der Waals surface area contributed by atoms with Crippen molar-refractivity contribution in [2.45, 2.75) is 200 Å². The molecule has 0 aromatic rings. The molecule has 0 saturated carbocycles. The van der Waals surface area contributed by atoms with Gasteiger partial charge in [0.05, 0.1) is 27.7 Å². The summed E-state index contributed by atoms with van der Waals surface area (Å²) in [5, 5.41) is 0. The zero-order valence-corrected chi connectivity index (χ0v) is 50.4. The fraction of sp³-hybridized carbons (Fsp3) is 0.559. The van der Waals surface area contributed by atoms with Crippen LogP contribution in [0.15, 0.2) is 170 Å². The van der Waals surface area contributed by atoms with Crippen LogP contribution in [0, 0.1) is 0 Å². The van der Waals surface area contributed by atoms with E-state index in [1.54, 1.807) is 0 Å². The van der Waals surface area contributed by atoms with Crippen LogP contribution in [0.3, 0.4) is 0 Å². The monoisotopic (exact) mass is 1100 g/mol. The normalized spacial score (nSPS) is 14.5. The molecular formula is C68H108NO8P. The molecule has 0 bridgehead atoms. The molecule has 0 aliphatic rings. The minimum absolute atomic E-state index is 0.0498. The molecular weight excluding hydrogens is 990 g/mol. The highest BCUT2D eigenvalue weighted by Crippen LogP contribution is 2.38. The van der Waals surface area contributed by atoms with Crippen LogP contribution in [0.1, 0.15) is 194 Å². The first-order valence-electron chi connectivity index (χ1n) is 29.8. The molecule has 2 atom stereocenters. The van der Waals surface area contributed by atoms with Gasteiger partial charge in [-0.1, -0.05) is 223 Å². The molecule has 78 heavy (non-hydrogen) atoms. The van der Waals surface area contributed by atoms with Crippen molar-refractivity contribution in [1.29, 1.82) is 0 Å². The minimum atomic E-state index is -4.66. The number of ether oxygens (including phenoxy) is 2. The molecule has 0 N–H and O–H groups in total. The third kappa shape index (κ3) is 60.6. The first kappa shape index (κ1) is 73.4. The number of nitrogens with zero attached hydrogens (tertiary/aromatic N) is 1. The van der Waals surface area contributed by atoms with Crippen LogP contribution in [0.2, 0.25) is 0 Å². The van der Waals surface area contributed by atoms with E-state index in [0.717, 1.165) is 154 Å². The fourth-order valence-corrected chi connectivity index (χ4v) is 7.93. The van der Waals surface area contributed by atoms with Gasteiger partial charge in [0.1, 0.15) is 19.8 Å². The minimum Gasteiger partial charge on any atom is -0.756 e. The molecule has 2 unspecified atom stereocenters. The summed E-state index contributed by atoms with van der Waals surface area (Å²) >= 11 is 0.